The number of rotatable bonds is 0. The van der Waals surface area contributed by atoms with E-state index in [1.807, 2.05) is 6.92 Å². The number of epoxide rings is 1. The van der Waals surface area contributed by atoms with Gasteiger partial charge >= 0.3 is 0 Å². The van der Waals surface area contributed by atoms with Crippen LogP contribution in [0.5, 0.6) is 0 Å². The van der Waals surface area contributed by atoms with Crippen molar-refractivity contribution >= 4 is 38.7 Å². The van der Waals surface area contributed by atoms with Crippen LogP contribution in [0.2, 0.25) is 0 Å². The van der Waals surface area contributed by atoms with E-state index in [0.29, 0.717) is 12.8 Å². The molecule has 0 saturated carbocycles. The summed E-state index contributed by atoms with van der Waals surface area (Å²) in [4.78, 5) is 24.6. The fourth-order valence-electron chi connectivity index (χ4n) is 3.50. The number of cyclic esters (lactones) is 1. The number of esters is 1. The predicted octanol–water partition coefficient (Wildman–Crippen LogP) is 2.38. The van der Waals surface area contributed by atoms with Crippen LogP contribution in [0.15, 0.2) is 0 Å². The Morgan fingerprint density at radius 3 is 2.32 bits per heavy atom. The van der Waals surface area contributed by atoms with E-state index in [-0.39, 0.29) is 72.0 Å². The zero-order chi connectivity index (χ0) is 18.8. The fourth-order valence-corrected chi connectivity index (χ4v) is 3.50. The molecule has 2 saturated heterocycles. The smallest absolute Gasteiger partial charge is 0.277 e. The predicted molar refractivity (Wildman–Crippen MR) is 112 cm³/mol. The first-order chi connectivity index (χ1) is 11.6. The molecule has 0 spiro atoms. The number of aliphatic hydroxyl groups is 2. The van der Waals surface area contributed by atoms with Gasteiger partial charge in [-0.05, 0) is 19.8 Å². The molecule has 0 amide bonds. The number of aliphatic hydroxyl groups excluding tert-OH is 2. The van der Waals surface area contributed by atoms with Gasteiger partial charge < -0.3 is 19.7 Å². The summed E-state index contributed by atoms with van der Waals surface area (Å²) in [6.45, 7) is 8.35. The molecule has 28 heavy (non-hydrogen) atoms. The molecule has 6 nitrogen and oxygen atoms in total. The molecule has 2 heterocycles. The van der Waals surface area contributed by atoms with E-state index in [2.05, 4.69) is 0 Å². The maximum absolute atomic E-state index is 12.7. The average molecular weight is 607 g/mol. The second-order valence-corrected chi connectivity index (χ2v) is 8.22. The molecule has 5 atom stereocenters. The van der Waals surface area contributed by atoms with Crippen molar-refractivity contribution in [2.24, 2.45) is 11.3 Å². The monoisotopic (exact) mass is 607 g/mol. The van der Waals surface area contributed by atoms with Gasteiger partial charge in [0.15, 0.2) is 0 Å². The largest absolute Gasteiger partial charge is 0.637 e. The molecule has 2 fully saturated rings. The molecule has 0 aliphatic carbocycles. The maximum atomic E-state index is 12.7. The third kappa shape index (κ3) is 7.59. The van der Waals surface area contributed by atoms with Crippen LogP contribution >= 0.6 is 27.0 Å². The van der Waals surface area contributed by atoms with E-state index < -0.39 is 29.5 Å². The van der Waals surface area contributed by atoms with Gasteiger partial charge in [0.25, 0.3) is 5.97 Å². The average Bonchev–Trinajstić information content (AvgIpc) is 3.19. The molecule has 2 N–H and O–H groups in total. The summed E-state index contributed by atoms with van der Waals surface area (Å²) in [6, 6.07) is 0. The molecule has 166 valence electrons. The SMILES string of the molecule is C[C@H]1C(=O)C(C)(C)[C@@H](O)CC(=O)O[CH-]CC2O[C@]2(C)CCCCC1O.S.S.[W]. The minimum atomic E-state index is -1.16. The summed E-state index contributed by atoms with van der Waals surface area (Å²) >= 11 is 0. The quantitative estimate of drug-likeness (QED) is 0.250. The van der Waals surface area contributed by atoms with Gasteiger partial charge in [-0.15, -0.1) is 6.42 Å². The van der Waals surface area contributed by atoms with Gasteiger partial charge in [0.2, 0.25) is 0 Å². The van der Waals surface area contributed by atoms with Crippen molar-refractivity contribution in [2.45, 2.75) is 90.1 Å². The third-order valence-electron chi connectivity index (χ3n) is 5.80. The van der Waals surface area contributed by atoms with Crippen LogP contribution < -0.4 is 0 Å². The van der Waals surface area contributed by atoms with Gasteiger partial charge in [-0.25, -0.2) is 0 Å². The van der Waals surface area contributed by atoms with Crippen molar-refractivity contribution in [3.8, 4) is 0 Å². The number of fused-ring (bicyclic) bond motifs is 1. The Labute approximate surface area is 196 Å². The molecular weight excluding hydrogens is 572 g/mol. The van der Waals surface area contributed by atoms with E-state index in [4.69, 9.17) is 9.47 Å². The van der Waals surface area contributed by atoms with Crippen molar-refractivity contribution in [3.63, 3.8) is 0 Å². The van der Waals surface area contributed by atoms with Crippen molar-refractivity contribution in [1.82, 2.24) is 0 Å². The third-order valence-corrected chi connectivity index (χ3v) is 5.80. The Bertz CT molecular complexity index is 519. The summed E-state index contributed by atoms with van der Waals surface area (Å²) in [5, 5.41) is 20.7. The molecule has 9 heteroatoms. The first kappa shape index (κ1) is 30.6. The number of carbonyl (C=O) groups is 2. The van der Waals surface area contributed by atoms with E-state index >= 15 is 0 Å². The van der Waals surface area contributed by atoms with Crippen LogP contribution in [-0.4, -0.2) is 45.9 Å². The minimum absolute atomic E-state index is 0. The molecular formula is C19H35O6S2W-. The first-order valence-corrected chi connectivity index (χ1v) is 9.17. The number of hydrogen-bond acceptors (Lipinski definition) is 6. The molecule has 0 aromatic carbocycles. The number of carbonyl (C=O) groups excluding carboxylic acids is 2. The Kier molecular flexibility index (Phi) is 13.5. The molecule has 0 aromatic heterocycles. The summed E-state index contributed by atoms with van der Waals surface area (Å²) in [5.74, 6) is -1.41. The molecule has 2 rings (SSSR count). The van der Waals surface area contributed by atoms with Gasteiger partial charge in [-0.1, -0.05) is 33.6 Å². The Morgan fingerprint density at radius 2 is 1.71 bits per heavy atom. The van der Waals surface area contributed by atoms with E-state index in [0.717, 1.165) is 19.3 Å². The zero-order valence-electron chi connectivity index (χ0n) is 17.1. The van der Waals surface area contributed by atoms with E-state index in [9.17, 15) is 19.8 Å². The van der Waals surface area contributed by atoms with Gasteiger partial charge in [-0.3, -0.25) is 9.59 Å². The fraction of sp³-hybridized carbons (Fsp3) is 0.842. The topological polar surface area (TPSA) is 96.4 Å². The van der Waals surface area contributed by atoms with Gasteiger partial charge in [0, 0.05) is 27.0 Å². The van der Waals surface area contributed by atoms with Crippen molar-refractivity contribution in [2.75, 3.05) is 0 Å². The van der Waals surface area contributed by atoms with Crippen molar-refractivity contribution in [1.29, 1.82) is 0 Å². The number of ketones is 1. The van der Waals surface area contributed by atoms with Crippen LogP contribution in [0, 0.1) is 17.9 Å². The first-order valence-electron chi connectivity index (χ1n) is 9.17. The van der Waals surface area contributed by atoms with Crippen molar-refractivity contribution < 1.29 is 50.3 Å². The summed E-state index contributed by atoms with van der Waals surface area (Å²) in [6.07, 6.45) is 1.50. The molecule has 2 unspecified atom stereocenters. The Morgan fingerprint density at radius 1 is 1.11 bits per heavy atom. The van der Waals surface area contributed by atoms with Crippen molar-refractivity contribution in [3.05, 3.63) is 6.61 Å². The molecule has 2 aliphatic heterocycles. The normalized spacial score (nSPS) is 36.5. The summed E-state index contributed by atoms with van der Waals surface area (Å²) in [7, 11) is 0. The van der Waals surface area contributed by atoms with Crippen LogP contribution in [0.3, 0.4) is 0 Å². The second-order valence-electron chi connectivity index (χ2n) is 8.22. The summed E-state index contributed by atoms with van der Waals surface area (Å²) < 4.78 is 10.8. The molecule has 0 radical (unpaired) electrons. The minimum Gasteiger partial charge on any atom is -0.637 e. The molecule has 2 aliphatic rings. The van der Waals surface area contributed by atoms with E-state index in [1.54, 1.807) is 20.8 Å². The standard InChI is InChI=1S/C19H31O6.2H2S.W/c1-12-13(20)7-5-6-9-19(4)15(25-19)8-10-24-16(22)11-14(21)18(2,3)17(12)23;;;/h10,12-15,20-21H,5-9,11H2,1-4H3;2*1H2;/q-1;;;/t12-,13?,14+,15?,19-;;;/m1.../s1. The maximum Gasteiger partial charge on any atom is 0.277 e. The Hall–Kier alpha value is 0.408. The zero-order valence-corrected chi connectivity index (χ0v) is 22.0. The molecule has 0 bridgehead atoms. The molecule has 0 aromatic rings. The second kappa shape index (κ2) is 12.3. The van der Waals surface area contributed by atoms with Gasteiger partial charge in [-0.2, -0.15) is 33.6 Å². The number of Topliss-reactive ketones (excluding diaryl/α,β-unsaturated/α-hetero) is 1. The van der Waals surface area contributed by atoms with Gasteiger partial charge in [0.05, 0.1) is 35.7 Å². The van der Waals surface area contributed by atoms with E-state index in [1.165, 1.54) is 6.61 Å². The number of ether oxygens (including phenoxy) is 2. The van der Waals surface area contributed by atoms with Crippen LogP contribution in [0.4, 0.5) is 0 Å². The summed E-state index contributed by atoms with van der Waals surface area (Å²) in [5.41, 5.74) is -1.33. The van der Waals surface area contributed by atoms with Gasteiger partial charge in [0.1, 0.15) is 5.78 Å². The van der Waals surface area contributed by atoms with Crippen LogP contribution in [-0.2, 0) is 40.1 Å². The van der Waals surface area contributed by atoms with Crippen LogP contribution in [0.1, 0.15) is 66.2 Å². The van der Waals surface area contributed by atoms with Crippen LogP contribution in [0.25, 0.3) is 0 Å². The number of hydrogen-bond donors (Lipinski definition) is 2. The Balaban J connectivity index is 0.